The van der Waals surface area contributed by atoms with Crippen LogP contribution in [0.3, 0.4) is 0 Å². The fourth-order valence-corrected chi connectivity index (χ4v) is 2.58. The Kier molecular flexibility index (Phi) is 4.87. The molecule has 2 rings (SSSR count). The molecule has 0 amide bonds. The number of nitrogens with zero attached hydrogens (tertiary/aromatic N) is 2. The molecule has 0 aliphatic carbocycles. The maximum atomic E-state index is 5.76. The van der Waals surface area contributed by atoms with Crippen molar-refractivity contribution < 1.29 is 4.74 Å². The van der Waals surface area contributed by atoms with E-state index in [1.165, 1.54) is 5.56 Å². The molecule has 0 saturated heterocycles. The van der Waals surface area contributed by atoms with Crippen LogP contribution in [0.15, 0.2) is 35.4 Å². The highest BCUT2D eigenvalue weighted by molar-refractivity contribution is 7.98. The van der Waals surface area contributed by atoms with Crippen LogP contribution in [0.25, 0.3) is 0 Å². The van der Waals surface area contributed by atoms with Crippen LogP contribution in [-0.4, -0.2) is 24.1 Å². The Morgan fingerprint density at radius 3 is 2.68 bits per heavy atom. The summed E-state index contributed by atoms with van der Waals surface area (Å²) in [6, 6.07) is 7.99. The first kappa shape index (κ1) is 14.0. The second kappa shape index (κ2) is 6.63. The number of nitrogens with one attached hydrogen (secondary N) is 1. The molecular weight excluding hydrogens is 282 g/mol. The summed E-state index contributed by atoms with van der Waals surface area (Å²) < 4.78 is 5.13. The maximum absolute atomic E-state index is 5.76. The van der Waals surface area contributed by atoms with E-state index in [0.717, 1.165) is 22.2 Å². The third-order valence-electron chi connectivity index (χ3n) is 2.52. The van der Waals surface area contributed by atoms with Gasteiger partial charge in [-0.15, -0.1) is 11.8 Å². The monoisotopic (exact) mass is 295 g/mol. The van der Waals surface area contributed by atoms with Gasteiger partial charge in [0, 0.05) is 19.0 Å². The first-order valence-corrected chi connectivity index (χ1v) is 7.05. The lowest BCUT2D eigenvalue weighted by Gasteiger charge is -2.07. The van der Waals surface area contributed by atoms with Crippen molar-refractivity contribution in [2.45, 2.75) is 10.6 Å². The van der Waals surface area contributed by atoms with Gasteiger partial charge >= 0.3 is 0 Å². The minimum absolute atomic E-state index is 0.248. The highest BCUT2D eigenvalue weighted by atomic mass is 35.5. The van der Waals surface area contributed by atoms with Gasteiger partial charge in [-0.25, -0.2) is 4.98 Å². The Morgan fingerprint density at radius 1 is 1.32 bits per heavy atom. The number of anilines is 1. The molecule has 19 heavy (non-hydrogen) atoms. The second-order valence-electron chi connectivity index (χ2n) is 3.74. The van der Waals surface area contributed by atoms with Crippen molar-refractivity contribution in [1.29, 1.82) is 0 Å². The first-order chi connectivity index (χ1) is 9.22. The van der Waals surface area contributed by atoms with Crippen LogP contribution in [0.1, 0.15) is 5.56 Å². The van der Waals surface area contributed by atoms with E-state index < -0.39 is 0 Å². The first-order valence-electron chi connectivity index (χ1n) is 5.69. The zero-order chi connectivity index (χ0) is 13.7. The number of halogens is 1. The lowest BCUT2D eigenvalue weighted by atomic mass is 10.2. The van der Waals surface area contributed by atoms with Gasteiger partial charge in [0.05, 0.1) is 12.0 Å². The molecule has 0 radical (unpaired) electrons. The van der Waals surface area contributed by atoms with Crippen LogP contribution in [0.5, 0.6) is 5.75 Å². The van der Waals surface area contributed by atoms with E-state index >= 15 is 0 Å². The fraction of sp³-hybridized carbons (Fsp3) is 0.231. The molecule has 0 spiro atoms. The number of benzene rings is 1. The van der Waals surface area contributed by atoms with E-state index in [0.29, 0.717) is 0 Å². The molecule has 0 fully saturated rings. The summed E-state index contributed by atoms with van der Waals surface area (Å²) in [5.74, 6) is 2.45. The molecule has 1 heterocycles. The number of thioether (sulfide) groups is 1. The molecule has 6 heteroatoms. The van der Waals surface area contributed by atoms with E-state index in [9.17, 15) is 0 Å². The van der Waals surface area contributed by atoms with Crippen LogP contribution >= 0.6 is 23.4 Å². The van der Waals surface area contributed by atoms with Crippen molar-refractivity contribution in [3.8, 4) is 5.75 Å². The lowest BCUT2D eigenvalue weighted by Crippen LogP contribution is -1.96. The topological polar surface area (TPSA) is 47.0 Å². The maximum Gasteiger partial charge on any atom is 0.224 e. The van der Waals surface area contributed by atoms with Crippen LogP contribution in [0.2, 0.25) is 5.28 Å². The molecule has 2 aromatic rings. The lowest BCUT2D eigenvalue weighted by molar-refractivity contribution is 0.414. The van der Waals surface area contributed by atoms with Crippen molar-refractivity contribution in [2.24, 2.45) is 0 Å². The fourth-order valence-electron chi connectivity index (χ4n) is 1.52. The summed E-state index contributed by atoms with van der Waals surface area (Å²) >= 11 is 7.42. The quantitative estimate of drug-likeness (QED) is 0.676. The van der Waals surface area contributed by atoms with E-state index in [2.05, 4.69) is 15.3 Å². The van der Waals surface area contributed by atoms with Crippen molar-refractivity contribution in [3.63, 3.8) is 0 Å². The Bertz CT molecular complexity index is 548. The van der Waals surface area contributed by atoms with Gasteiger partial charge < -0.3 is 10.1 Å². The minimum Gasteiger partial charge on any atom is -0.497 e. The number of aromatic nitrogens is 2. The number of hydrogen-bond donors (Lipinski definition) is 1. The molecule has 0 saturated carbocycles. The highest BCUT2D eigenvalue weighted by Crippen LogP contribution is 2.28. The molecule has 1 N–H and O–H groups in total. The third kappa shape index (κ3) is 3.75. The molecule has 4 nitrogen and oxygen atoms in total. The van der Waals surface area contributed by atoms with Crippen molar-refractivity contribution in [1.82, 2.24) is 9.97 Å². The smallest absolute Gasteiger partial charge is 0.224 e. The molecule has 100 valence electrons. The van der Waals surface area contributed by atoms with Crippen LogP contribution in [-0.2, 0) is 5.75 Å². The van der Waals surface area contributed by atoms with Crippen LogP contribution < -0.4 is 10.1 Å². The summed E-state index contributed by atoms with van der Waals surface area (Å²) in [4.78, 5) is 9.11. The van der Waals surface area contributed by atoms with Gasteiger partial charge in [-0.1, -0.05) is 12.1 Å². The second-order valence-corrected chi connectivity index (χ2v) is 5.09. The van der Waals surface area contributed by atoms with Crippen LogP contribution in [0.4, 0.5) is 5.82 Å². The molecule has 0 aliphatic heterocycles. The number of methoxy groups -OCH3 is 1. The van der Waals surface area contributed by atoms with Gasteiger partial charge in [0.25, 0.3) is 0 Å². The minimum atomic E-state index is 0.248. The highest BCUT2D eigenvalue weighted by Gasteiger charge is 2.06. The standard InChI is InChI=1S/C13H14ClN3OS/c1-15-12-11(7-16-13(14)17-12)19-8-9-3-5-10(18-2)6-4-9/h3-7H,8H2,1-2H3,(H,15,16,17). The van der Waals surface area contributed by atoms with Gasteiger partial charge in [0.1, 0.15) is 11.6 Å². The molecule has 1 aromatic heterocycles. The summed E-state index contributed by atoms with van der Waals surface area (Å²) in [6.45, 7) is 0. The van der Waals surface area contributed by atoms with Crippen molar-refractivity contribution >= 4 is 29.2 Å². The van der Waals surface area contributed by atoms with E-state index in [-0.39, 0.29) is 5.28 Å². The SMILES string of the molecule is CNc1nc(Cl)ncc1SCc1ccc(OC)cc1. The summed E-state index contributed by atoms with van der Waals surface area (Å²) in [7, 11) is 3.48. The van der Waals surface area contributed by atoms with Crippen molar-refractivity contribution in [3.05, 3.63) is 41.3 Å². The zero-order valence-corrected chi connectivity index (χ0v) is 12.3. The average molecular weight is 296 g/mol. The summed E-state index contributed by atoms with van der Waals surface area (Å²) in [5.41, 5.74) is 1.21. The predicted octanol–water partition coefficient (Wildman–Crippen LogP) is 3.47. The molecule has 0 unspecified atom stereocenters. The summed E-state index contributed by atoms with van der Waals surface area (Å²) in [5, 5.41) is 3.26. The van der Waals surface area contributed by atoms with Gasteiger partial charge in [0.15, 0.2) is 0 Å². The normalized spacial score (nSPS) is 10.3. The van der Waals surface area contributed by atoms with E-state index in [1.54, 1.807) is 25.1 Å². The van der Waals surface area contributed by atoms with E-state index in [4.69, 9.17) is 16.3 Å². The Morgan fingerprint density at radius 2 is 2.05 bits per heavy atom. The zero-order valence-electron chi connectivity index (χ0n) is 10.7. The van der Waals surface area contributed by atoms with Crippen molar-refractivity contribution in [2.75, 3.05) is 19.5 Å². The van der Waals surface area contributed by atoms with E-state index in [1.807, 2.05) is 31.3 Å². The Labute approximate surface area is 121 Å². The molecule has 0 bridgehead atoms. The number of ether oxygens (including phenoxy) is 1. The molecule has 0 aliphatic rings. The molecule has 0 atom stereocenters. The van der Waals surface area contributed by atoms with Gasteiger partial charge in [-0.05, 0) is 29.3 Å². The number of rotatable bonds is 5. The van der Waals surface area contributed by atoms with Crippen LogP contribution in [0, 0.1) is 0 Å². The largest absolute Gasteiger partial charge is 0.497 e. The Balaban J connectivity index is 2.05. The van der Waals surface area contributed by atoms with Gasteiger partial charge in [-0.2, -0.15) is 4.98 Å². The number of hydrogen-bond acceptors (Lipinski definition) is 5. The summed E-state index contributed by atoms with van der Waals surface area (Å²) in [6.07, 6.45) is 1.73. The van der Waals surface area contributed by atoms with Gasteiger partial charge in [0.2, 0.25) is 5.28 Å². The molecule has 1 aromatic carbocycles. The Hall–Kier alpha value is -1.46. The average Bonchev–Trinajstić information content (AvgIpc) is 2.46. The van der Waals surface area contributed by atoms with Gasteiger partial charge in [-0.3, -0.25) is 0 Å². The molecular formula is C13H14ClN3OS. The third-order valence-corrected chi connectivity index (χ3v) is 3.79. The predicted molar refractivity (Wildman–Crippen MR) is 79.1 cm³/mol.